The highest BCUT2D eigenvalue weighted by Crippen LogP contribution is 2.33. The molecule has 0 aliphatic heterocycles. The van der Waals surface area contributed by atoms with Gasteiger partial charge in [-0.2, -0.15) is 0 Å². The van der Waals surface area contributed by atoms with E-state index in [1.807, 2.05) is 12.1 Å². The van der Waals surface area contributed by atoms with Crippen LogP contribution in [0.3, 0.4) is 0 Å². The van der Waals surface area contributed by atoms with E-state index in [1.54, 1.807) is 6.07 Å². The Morgan fingerprint density at radius 2 is 2.00 bits per heavy atom. The molecule has 2 aromatic carbocycles. The van der Waals surface area contributed by atoms with Crippen molar-refractivity contribution in [3.05, 3.63) is 64.2 Å². The monoisotopic (exact) mass is 302 g/mol. The lowest BCUT2D eigenvalue weighted by Gasteiger charge is -2.26. The summed E-state index contributed by atoms with van der Waals surface area (Å²) in [5, 5.41) is 9.98. The van der Waals surface area contributed by atoms with Crippen LogP contribution in [0.1, 0.15) is 35.4 Å². The third-order valence-electron chi connectivity index (χ3n) is 4.17. The molecule has 2 nitrogen and oxygen atoms in total. The highest BCUT2D eigenvalue weighted by molar-refractivity contribution is 6.31. The molecule has 1 unspecified atom stereocenters. The first-order valence-electron chi connectivity index (χ1n) is 7.38. The Hall–Kier alpha value is -1.51. The maximum atomic E-state index is 9.43. The van der Waals surface area contributed by atoms with Gasteiger partial charge >= 0.3 is 0 Å². The first-order valence-corrected chi connectivity index (χ1v) is 7.76. The van der Waals surface area contributed by atoms with Crippen molar-refractivity contribution in [1.82, 2.24) is 0 Å². The molecule has 1 aliphatic carbocycles. The maximum Gasteiger partial charge on any atom is 0.126 e. The van der Waals surface area contributed by atoms with Crippen LogP contribution in [-0.4, -0.2) is 11.7 Å². The number of rotatable bonds is 4. The normalized spacial score (nSPS) is 17.3. The Morgan fingerprint density at radius 3 is 2.86 bits per heavy atom. The zero-order valence-corrected chi connectivity index (χ0v) is 12.6. The molecule has 1 N–H and O–H groups in total. The van der Waals surface area contributed by atoms with Gasteiger partial charge in [0.25, 0.3) is 0 Å². The van der Waals surface area contributed by atoms with E-state index in [9.17, 15) is 5.11 Å². The number of fused-ring (bicyclic) bond motifs is 1. The highest BCUT2D eigenvalue weighted by atomic mass is 35.5. The molecule has 0 amide bonds. The minimum atomic E-state index is -0.101. The molecule has 110 valence electrons. The summed E-state index contributed by atoms with van der Waals surface area (Å²) in [6.07, 6.45) is 3.51. The van der Waals surface area contributed by atoms with Gasteiger partial charge in [0.2, 0.25) is 0 Å². The number of ether oxygens (including phenoxy) is 1. The fourth-order valence-corrected chi connectivity index (χ4v) is 3.27. The van der Waals surface area contributed by atoms with Crippen LogP contribution in [0, 0.1) is 0 Å². The van der Waals surface area contributed by atoms with Crippen molar-refractivity contribution in [2.24, 2.45) is 0 Å². The van der Waals surface area contributed by atoms with Crippen molar-refractivity contribution in [2.75, 3.05) is 6.61 Å². The van der Waals surface area contributed by atoms with E-state index in [4.69, 9.17) is 16.3 Å². The Kier molecular flexibility index (Phi) is 4.47. The van der Waals surface area contributed by atoms with E-state index in [-0.39, 0.29) is 6.61 Å². The molecule has 2 aromatic rings. The van der Waals surface area contributed by atoms with Crippen molar-refractivity contribution < 1.29 is 9.84 Å². The van der Waals surface area contributed by atoms with Gasteiger partial charge in [-0.25, -0.2) is 0 Å². The minimum Gasteiger partial charge on any atom is -0.493 e. The number of hydrogen-bond donors (Lipinski definition) is 1. The Bertz CT molecular complexity index is 624. The number of aliphatic hydroxyl groups excluding tert-OH is 1. The molecule has 0 heterocycles. The summed E-state index contributed by atoms with van der Waals surface area (Å²) in [4.78, 5) is 0. The Balaban J connectivity index is 1.76. The predicted octanol–water partition coefficient (Wildman–Crippen LogP) is 4.33. The standard InChI is InChI=1S/C18H19ClO2/c19-17-9-4-10-18(16(17)11-20)21-12-14-7-3-6-13-5-1-2-8-15(13)14/h1-2,4-5,8-10,14,20H,3,6-7,11-12H2. The lowest BCUT2D eigenvalue weighted by molar-refractivity contribution is 0.248. The van der Waals surface area contributed by atoms with Crippen molar-refractivity contribution in [3.8, 4) is 5.75 Å². The lowest BCUT2D eigenvalue weighted by Crippen LogP contribution is -2.17. The van der Waals surface area contributed by atoms with Crippen LogP contribution in [0.2, 0.25) is 5.02 Å². The van der Waals surface area contributed by atoms with E-state index >= 15 is 0 Å². The van der Waals surface area contributed by atoms with Crippen molar-refractivity contribution in [2.45, 2.75) is 31.8 Å². The van der Waals surface area contributed by atoms with Gasteiger partial charge in [0.15, 0.2) is 0 Å². The summed E-state index contributed by atoms with van der Waals surface area (Å²) in [5.74, 6) is 1.11. The molecule has 1 aliphatic rings. The quantitative estimate of drug-likeness (QED) is 0.911. The largest absolute Gasteiger partial charge is 0.493 e. The molecule has 3 rings (SSSR count). The molecule has 0 aromatic heterocycles. The number of aliphatic hydroxyl groups is 1. The maximum absolute atomic E-state index is 9.43. The summed E-state index contributed by atoms with van der Waals surface area (Å²) in [6, 6.07) is 14.1. The minimum absolute atomic E-state index is 0.101. The van der Waals surface area contributed by atoms with Gasteiger partial charge in [-0.15, -0.1) is 0 Å². The third kappa shape index (κ3) is 3.07. The number of benzene rings is 2. The number of aryl methyl sites for hydroxylation is 1. The molecule has 0 bridgehead atoms. The highest BCUT2D eigenvalue weighted by Gasteiger charge is 2.20. The molecule has 0 fully saturated rings. The van der Waals surface area contributed by atoms with Crippen LogP contribution >= 0.6 is 11.6 Å². The average Bonchev–Trinajstić information content (AvgIpc) is 2.53. The Morgan fingerprint density at radius 1 is 1.14 bits per heavy atom. The fraction of sp³-hybridized carbons (Fsp3) is 0.333. The SMILES string of the molecule is OCc1c(Cl)cccc1OCC1CCCc2ccccc21. The third-order valence-corrected chi connectivity index (χ3v) is 4.52. The molecule has 1 atom stereocenters. The molecule has 0 radical (unpaired) electrons. The van der Waals surface area contributed by atoms with Crippen LogP contribution in [0.5, 0.6) is 5.75 Å². The van der Waals surface area contributed by atoms with Gasteiger partial charge in [-0.05, 0) is 42.5 Å². The van der Waals surface area contributed by atoms with Gasteiger partial charge in [0.1, 0.15) is 5.75 Å². The molecule has 0 saturated carbocycles. The predicted molar refractivity (Wildman–Crippen MR) is 85.0 cm³/mol. The van der Waals surface area contributed by atoms with E-state index in [2.05, 4.69) is 24.3 Å². The fourth-order valence-electron chi connectivity index (χ4n) is 3.05. The van der Waals surface area contributed by atoms with Crippen LogP contribution in [0.15, 0.2) is 42.5 Å². The van der Waals surface area contributed by atoms with Gasteiger partial charge in [0, 0.05) is 16.5 Å². The van der Waals surface area contributed by atoms with Crippen LogP contribution in [-0.2, 0) is 13.0 Å². The van der Waals surface area contributed by atoms with Crippen molar-refractivity contribution in [3.63, 3.8) is 0 Å². The second kappa shape index (κ2) is 6.50. The van der Waals surface area contributed by atoms with E-state index in [1.165, 1.54) is 17.5 Å². The second-order valence-electron chi connectivity index (χ2n) is 5.47. The first kappa shape index (κ1) is 14.4. The topological polar surface area (TPSA) is 29.5 Å². The summed E-state index contributed by atoms with van der Waals surface area (Å²) >= 11 is 6.09. The van der Waals surface area contributed by atoms with E-state index in [0.717, 1.165) is 12.8 Å². The first-order chi connectivity index (χ1) is 10.3. The Labute approximate surface area is 130 Å². The summed E-state index contributed by atoms with van der Waals surface area (Å²) in [7, 11) is 0. The van der Waals surface area contributed by atoms with Gasteiger partial charge in [0.05, 0.1) is 13.2 Å². The number of hydrogen-bond acceptors (Lipinski definition) is 2. The van der Waals surface area contributed by atoms with Crippen molar-refractivity contribution >= 4 is 11.6 Å². The molecule has 21 heavy (non-hydrogen) atoms. The second-order valence-corrected chi connectivity index (χ2v) is 5.88. The molecular weight excluding hydrogens is 284 g/mol. The molecule has 0 saturated heterocycles. The molecule has 0 spiro atoms. The molecular formula is C18H19ClO2. The zero-order chi connectivity index (χ0) is 14.7. The van der Waals surface area contributed by atoms with Crippen LogP contribution < -0.4 is 4.74 Å². The lowest BCUT2D eigenvalue weighted by atomic mass is 9.83. The van der Waals surface area contributed by atoms with E-state index in [0.29, 0.717) is 28.9 Å². The summed E-state index contributed by atoms with van der Waals surface area (Å²) < 4.78 is 5.96. The summed E-state index contributed by atoms with van der Waals surface area (Å²) in [5.41, 5.74) is 3.51. The van der Waals surface area contributed by atoms with Gasteiger partial charge in [-0.1, -0.05) is 41.9 Å². The van der Waals surface area contributed by atoms with Crippen molar-refractivity contribution in [1.29, 1.82) is 0 Å². The average molecular weight is 303 g/mol. The van der Waals surface area contributed by atoms with Gasteiger partial charge in [-0.3, -0.25) is 0 Å². The molecule has 3 heteroatoms. The summed E-state index contributed by atoms with van der Waals surface area (Å²) in [6.45, 7) is 0.528. The van der Waals surface area contributed by atoms with Crippen LogP contribution in [0.25, 0.3) is 0 Å². The van der Waals surface area contributed by atoms with E-state index < -0.39 is 0 Å². The smallest absolute Gasteiger partial charge is 0.126 e. The van der Waals surface area contributed by atoms with Gasteiger partial charge < -0.3 is 9.84 Å². The zero-order valence-electron chi connectivity index (χ0n) is 11.9. The van der Waals surface area contributed by atoms with Crippen LogP contribution in [0.4, 0.5) is 0 Å². The number of halogens is 1.